The number of nitrogens with zero attached hydrogens (tertiary/aromatic N) is 2. The number of rotatable bonds is 7. The Balaban J connectivity index is 1.70. The molecule has 1 aliphatic heterocycles. The lowest BCUT2D eigenvalue weighted by Crippen LogP contribution is -2.45. The number of carbonyl (C=O) groups is 1. The highest BCUT2D eigenvalue weighted by atomic mass is 32.2. The number of para-hydroxylation sites is 1. The molecule has 0 aliphatic carbocycles. The molecule has 0 spiro atoms. The van der Waals surface area contributed by atoms with Crippen LogP contribution in [0.15, 0.2) is 53.4 Å². The van der Waals surface area contributed by atoms with E-state index in [1.54, 1.807) is 18.2 Å². The first-order chi connectivity index (χ1) is 15.5. The summed E-state index contributed by atoms with van der Waals surface area (Å²) >= 11 is 0. The minimum atomic E-state index is -4.85. The van der Waals surface area contributed by atoms with Crippen molar-refractivity contribution in [3.8, 4) is 11.5 Å². The predicted molar refractivity (Wildman–Crippen MR) is 114 cm³/mol. The van der Waals surface area contributed by atoms with Gasteiger partial charge in [0.05, 0.1) is 17.9 Å². The molecular weight excluding hydrogens is 461 g/mol. The molecule has 0 radical (unpaired) electrons. The Morgan fingerprint density at radius 2 is 1.82 bits per heavy atom. The van der Waals surface area contributed by atoms with Gasteiger partial charge >= 0.3 is 6.36 Å². The standard InChI is InChI=1S/C22H25F3N2O5S/c1-26(14-16-6-3-4-8-20(16)32-22(23,24)25)21(28)17-7-5-13-27(15-17)33(29,30)19-11-9-18(31-2)10-12-19/h3-4,6,8-12,17H,5,7,13-15H2,1-2H3. The number of carbonyl (C=O) groups excluding carboxylic acids is 1. The molecule has 2 aromatic carbocycles. The van der Waals surface area contributed by atoms with Crippen LogP contribution >= 0.6 is 0 Å². The molecular formula is C22H25F3N2O5S. The maximum atomic E-state index is 13.0. The van der Waals surface area contributed by atoms with E-state index >= 15 is 0 Å². The number of hydrogen-bond donors (Lipinski definition) is 0. The van der Waals surface area contributed by atoms with E-state index in [0.717, 1.165) is 0 Å². The fraction of sp³-hybridized carbons (Fsp3) is 0.409. The smallest absolute Gasteiger partial charge is 0.497 e. The van der Waals surface area contributed by atoms with Gasteiger partial charge in [-0.15, -0.1) is 13.2 Å². The third-order valence-corrected chi connectivity index (χ3v) is 7.29. The maximum Gasteiger partial charge on any atom is 0.573 e. The second-order valence-corrected chi connectivity index (χ2v) is 9.67. The van der Waals surface area contributed by atoms with Gasteiger partial charge in [-0.2, -0.15) is 4.31 Å². The highest BCUT2D eigenvalue weighted by Crippen LogP contribution is 2.29. The number of halogens is 3. The number of piperidine rings is 1. The van der Waals surface area contributed by atoms with Crippen LogP contribution in [0, 0.1) is 5.92 Å². The number of hydrogen-bond acceptors (Lipinski definition) is 5. The van der Waals surface area contributed by atoms with Crippen molar-refractivity contribution in [3.05, 3.63) is 54.1 Å². The Morgan fingerprint density at radius 3 is 2.45 bits per heavy atom. The summed E-state index contributed by atoms with van der Waals surface area (Å²) in [6, 6.07) is 11.6. The first-order valence-electron chi connectivity index (χ1n) is 10.2. The Kier molecular flexibility index (Phi) is 7.53. The Morgan fingerprint density at radius 1 is 1.15 bits per heavy atom. The fourth-order valence-electron chi connectivity index (χ4n) is 3.76. The maximum absolute atomic E-state index is 13.0. The molecule has 1 heterocycles. The minimum Gasteiger partial charge on any atom is -0.497 e. The van der Waals surface area contributed by atoms with Gasteiger partial charge in [-0.1, -0.05) is 18.2 Å². The molecule has 1 unspecified atom stereocenters. The molecule has 1 amide bonds. The van der Waals surface area contributed by atoms with Gasteiger partial charge in [0, 0.05) is 32.2 Å². The van der Waals surface area contributed by atoms with Crippen LogP contribution in [0.25, 0.3) is 0 Å². The normalized spacial score (nSPS) is 17.4. The molecule has 1 atom stereocenters. The molecule has 1 aliphatic rings. The van der Waals surface area contributed by atoms with E-state index in [1.165, 1.54) is 53.7 Å². The summed E-state index contributed by atoms with van der Waals surface area (Å²) in [5, 5.41) is 0. The van der Waals surface area contributed by atoms with Crippen LogP contribution in [0.5, 0.6) is 11.5 Å². The molecule has 0 saturated carbocycles. The highest BCUT2D eigenvalue weighted by Gasteiger charge is 2.35. The summed E-state index contributed by atoms with van der Waals surface area (Å²) < 4.78 is 74.5. The van der Waals surface area contributed by atoms with Crippen LogP contribution in [0.3, 0.4) is 0 Å². The molecule has 3 rings (SSSR count). The van der Waals surface area contributed by atoms with Crippen molar-refractivity contribution in [2.75, 3.05) is 27.2 Å². The number of benzene rings is 2. The van der Waals surface area contributed by atoms with E-state index in [4.69, 9.17) is 4.74 Å². The van der Waals surface area contributed by atoms with E-state index in [1.807, 2.05) is 0 Å². The number of sulfonamides is 1. The molecule has 0 bridgehead atoms. The molecule has 0 aromatic heterocycles. The van der Waals surface area contributed by atoms with E-state index in [0.29, 0.717) is 18.6 Å². The molecule has 2 aromatic rings. The quantitative estimate of drug-likeness (QED) is 0.597. The summed E-state index contributed by atoms with van der Waals surface area (Å²) in [5.74, 6) is -0.798. The Bertz CT molecular complexity index is 1070. The van der Waals surface area contributed by atoms with Crippen LogP contribution < -0.4 is 9.47 Å². The second kappa shape index (κ2) is 10.0. The fourth-order valence-corrected chi connectivity index (χ4v) is 5.29. The minimum absolute atomic E-state index is 0.00175. The Labute approximate surface area is 190 Å². The molecule has 180 valence electrons. The zero-order valence-electron chi connectivity index (χ0n) is 18.2. The third-order valence-electron chi connectivity index (χ3n) is 5.41. The zero-order valence-corrected chi connectivity index (χ0v) is 19.0. The van der Waals surface area contributed by atoms with Gasteiger partial charge in [0.1, 0.15) is 11.5 Å². The largest absolute Gasteiger partial charge is 0.573 e. The average Bonchev–Trinajstić information content (AvgIpc) is 2.79. The first kappa shape index (κ1) is 24.8. The van der Waals surface area contributed by atoms with E-state index in [9.17, 15) is 26.4 Å². The second-order valence-electron chi connectivity index (χ2n) is 7.73. The van der Waals surface area contributed by atoms with Crippen molar-refractivity contribution < 1.29 is 35.9 Å². The van der Waals surface area contributed by atoms with Gasteiger partial charge in [-0.3, -0.25) is 4.79 Å². The van der Waals surface area contributed by atoms with Crippen LogP contribution in [-0.2, 0) is 21.4 Å². The van der Waals surface area contributed by atoms with Crippen LogP contribution in [-0.4, -0.2) is 57.1 Å². The highest BCUT2D eigenvalue weighted by molar-refractivity contribution is 7.89. The van der Waals surface area contributed by atoms with Crippen LogP contribution in [0.2, 0.25) is 0 Å². The molecule has 1 saturated heterocycles. The summed E-state index contributed by atoms with van der Waals surface area (Å²) in [5.41, 5.74) is 0.198. The van der Waals surface area contributed by atoms with Crippen molar-refractivity contribution in [2.45, 2.75) is 30.6 Å². The van der Waals surface area contributed by atoms with Crippen LogP contribution in [0.1, 0.15) is 18.4 Å². The number of ether oxygens (including phenoxy) is 2. The van der Waals surface area contributed by atoms with Crippen molar-refractivity contribution in [3.63, 3.8) is 0 Å². The third kappa shape index (κ3) is 6.17. The molecule has 11 heteroatoms. The molecule has 0 N–H and O–H groups in total. The summed E-state index contributed by atoms with van der Waals surface area (Å²) in [4.78, 5) is 14.4. The number of amides is 1. The van der Waals surface area contributed by atoms with Gasteiger partial charge in [0.2, 0.25) is 15.9 Å². The van der Waals surface area contributed by atoms with Crippen molar-refractivity contribution in [2.24, 2.45) is 5.92 Å². The number of methoxy groups -OCH3 is 1. The van der Waals surface area contributed by atoms with Gasteiger partial charge in [0.15, 0.2) is 0 Å². The zero-order chi connectivity index (χ0) is 24.2. The lowest BCUT2D eigenvalue weighted by atomic mass is 9.98. The molecule has 1 fully saturated rings. The van der Waals surface area contributed by atoms with E-state index < -0.39 is 22.3 Å². The van der Waals surface area contributed by atoms with Gasteiger partial charge in [0.25, 0.3) is 0 Å². The predicted octanol–water partition coefficient (Wildman–Crippen LogP) is 3.65. The van der Waals surface area contributed by atoms with E-state index in [2.05, 4.69) is 4.74 Å². The topological polar surface area (TPSA) is 76.2 Å². The number of alkyl halides is 3. The summed E-state index contributed by atoms with van der Waals surface area (Å²) in [6.45, 7) is 0.176. The van der Waals surface area contributed by atoms with Gasteiger partial charge in [-0.25, -0.2) is 8.42 Å². The van der Waals surface area contributed by atoms with Crippen molar-refractivity contribution >= 4 is 15.9 Å². The molecule has 7 nitrogen and oxygen atoms in total. The Hall–Kier alpha value is -2.79. The lowest BCUT2D eigenvalue weighted by Gasteiger charge is -2.33. The summed E-state index contributed by atoms with van der Waals surface area (Å²) in [6.07, 6.45) is -3.87. The van der Waals surface area contributed by atoms with Crippen molar-refractivity contribution in [1.82, 2.24) is 9.21 Å². The average molecular weight is 487 g/mol. The van der Waals surface area contributed by atoms with Gasteiger partial charge in [-0.05, 0) is 43.2 Å². The van der Waals surface area contributed by atoms with E-state index in [-0.39, 0.29) is 41.7 Å². The summed E-state index contributed by atoms with van der Waals surface area (Å²) in [7, 11) is -0.847. The van der Waals surface area contributed by atoms with Crippen LogP contribution in [0.4, 0.5) is 13.2 Å². The first-order valence-corrected chi connectivity index (χ1v) is 11.7. The van der Waals surface area contributed by atoms with Crippen molar-refractivity contribution in [1.29, 1.82) is 0 Å². The van der Waals surface area contributed by atoms with Gasteiger partial charge < -0.3 is 14.4 Å². The molecule has 33 heavy (non-hydrogen) atoms. The monoisotopic (exact) mass is 486 g/mol. The lowest BCUT2D eigenvalue weighted by molar-refractivity contribution is -0.275. The SMILES string of the molecule is COc1ccc(S(=O)(=O)N2CCCC(C(=O)N(C)Cc3ccccc3OC(F)(F)F)C2)cc1.